The summed E-state index contributed by atoms with van der Waals surface area (Å²) in [4.78, 5) is 0. The summed E-state index contributed by atoms with van der Waals surface area (Å²) in [5, 5.41) is 12.6. The Morgan fingerprint density at radius 1 is 1.38 bits per heavy atom. The number of hydrogen-bond donors (Lipinski definition) is 2. The highest BCUT2D eigenvalue weighted by Gasteiger charge is 2.23. The molecule has 0 aromatic carbocycles. The first-order valence-corrected chi connectivity index (χ1v) is 5.50. The van der Waals surface area contributed by atoms with Crippen LogP contribution in [0.5, 0.6) is 0 Å². The van der Waals surface area contributed by atoms with Crippen LogP contribution in [0.25, 0.3) is 0 Å². The normalized spacial score (nSPS) is 33.2. The Kier molecular flexibility index (Phi) is 4.20. The van der Waals surface area contributed by atoms with Crippen LogP contribution in [0.15, 0.2) is 0 Å². The molecule has 4 unspecified atom stereocenters. The molecule has 0 saturated heterocycles. The van der Waals surface area contributed by atoms with Crippen LogP contribution in [-0.2, 0) is 0 Å². The van der Waals surface area contributed by atoms with Crippen molar-refractivity contribution < 1.29 is 5.11 Å². The van der Waals surface area contributed by atoms with Gasteiger partial charge in [0.1, 0.15) is 0 Å². The minimum atomic E-state index is 0.288. The Morgan fingerprint density at radius 2 is 2.08 bits per heavy atom. The average molecular weight is 185 g/mol. The van der Waals surface area contributed by atoms with Crippen molar-refractivity contribution in [2.24, 2.45) is 11.8 Å². The largest absolute Gasteiger partial charge is 0.396 e. The van der Waals surface area contributed by atoms with Crippen molar-refractivity contribution in [3.8, 4) is 0 Å². The Balaban J connectivity index is 2.24. The third-order valence-electron chi connectivity index (χ3n) is 3.33. The molecule has 1 aliphatic rings. The highest BCUT2D eigenvalue weighted by atomic mass is 16.3. The van der Waals surface area contributed by atoms with Crippen molar-refractivity contribution in [3.63, 3.8) is 0 Å². The van der Waals surface area contributed by atoms with Gasteiger partial charge in [0.2, 0.25) is 0 Å². The van der Waals surface area contributed by atoms with Gasteiger partial charge >= 0.3 is 0 Å². The monoisotopic (exact) mass is 185 g/mol. The van der Waals surface area contributed by atoms with Gasteiger partial charge < -0.3 is 10.4 Å². The maximum atomic E-state index is 8.99. The van der Waals surface area contributed by atoms with Crippen LogP contribution in [0.3, 0.4) is 0 Å². The maximum absolute atomic E-state index is 8.99. The second kappa shape index (κ2) is 4.97. The van der Waals surface area contributed by atoms with Crippen LogP contribution in [0.1, 0.15) is 40.0 Å². The number of hydrogen-bond acceptors (Lipinski definition) is 2. The van der Waals surface area contributed by atoms with Crippen molar-refractivity contribution in [2.45, 2.75) is 52.1 Å². The summed E-state index contributed by atoms with van der Waals surface area (Å²) in [6.07, 6.45) is 3.98. The molecule has 2 heteroatoms. The molecule has 2 nitrogen and oxygen atoms in total. The van der Waals surface area contributed by atoms with E-state index in [-0.39, 0.29) is 6.61 Å². The number of rotatable bonds is 4. The standard InChI is InChI=1S/C11H23NO/c1-8-4-5-11(6-8)12-10(3)9(2)7-13/h8-13H,4-7H2,1-3H3. The smallest absolute Gasteiger partial charge is 0.0471 e. The Hall–Kier alpha value is -0.0800. The molecule has 0 aromatic heterocycles. The van der Waals surface area contributed by atoms with Crippen LogP contribution < -0.4 is 5.32 Å². The summed E-state index contributed by atoms with van der Waals surface area (Å²) in [7, 11) is 0. The third kappa shape index (κ3) is 3.28. The second-order valence-electron chi connectivity index (χ2n) is 4.73. The van der Waals surface area contributed by atoms with Crippen LogP contribution in [0.4, 0.5) is 0 Å². The lowest BCUT2D eigenvalue weighted by molar-refractivity contribution is 0.200. The molecule has 0 aromatic rings. The van der Waals surface area contributed by atoms with E-state index in [0.29, 0.717) is 18.0 Å². The van der Waals surface area contributed by atoms with E-state index in [1.807, 2.05) is 0 Å². The van der Waals surface area contributed by atoms with Crippen LogP contribution >= 0.6 is 0 Å². The van der Waals surface area contributed by atoms with E-state index >= 15 is 0 Å². The number of aliphatic hydroxyl groups excluding tert-OH is 1. The Bertz CT molecular complexity index is 149. The predicted molar refractivity (Wildman–Crippen MR) is 55.7 cm³/mol. The lowest BCUT2D eigenvalue weighted by Gasteiger charge is -2.23. The SMILES string of the molecule is CC1CCC(NC(C)C(C)CO)C1. The molecule has 13 heavy (non-hydrogen) atoms. The van der Waals surface area contributed by atoms with Crippen molar-refractivity contribution in [2.75, 3.05) is 6.61 Å². The van der Waals surface area contributed by atoms with Gasteiger partial charge in [-0.25, -0.2) is 0 Å². The lowest BCUT2D eigenvalue weighted by Crippen LogP contribution is -2.40. The van der Waals surface area contributed by atoms with Gasteiger partial charge in [0.15, 0.2) is 0 Å². The van der Waals surface area contributed by atoms with Gasteiger partial charge in [-0.05, 0) is 38.0 Å². The molecule has 1 saturated carbocycles. The average Bonchev–Trinajstić information content (AvgIpc) is 2.49. The highest BCUT2D eigenvalue weighted by Crippen LogP contribution is 2.25. The van der Waals surface area contributed by atoms with Crippen LogP contribution in [0.2, 0.25) is 0 Å². The molecule has 4 atom stereocenters. The fourth-order valence-corrected chi connectivity index (χ4v) is 2.05. The predicted octanol–water partition coefficient (Wildman–Crippen LogP) is 1.78. The van der Waals surface area contributed by atoms with E-state index in [1.165, 1.54) is 19.3 Å². The van der Waals surface area contributed by atoms with E-state index in [4.69, 9.17) is 5.11 Å². The molecule has 0 heterocycles. The topological polar surface area (TPSA) is 32.3 Å². The summed E-state index contributed by atoms with van der Waals surface area (Å²) in [6.45, 7) is 6.87. The fraction of sp³-hybridized carbons (Fsp3) is 1.00. The zero-order chi connectivity index (χ0) is 9.84. The zero-order valence-corrected chi connectivity index (χ0v) is 9.09. The van der Waals surface area contributed by atoms with Gasteiger partial charge in [0.25, 0.3) is 0 Å². The van der Waals surface area contributed by atoms with Gasteiger partial charge in [-0.3, -0.25) is 0 Å². The molecule has 1 fully saturated rings. The molecule has 2 N–H and O–H groups in total. The minimum absolute atomic E-state index is 0.288. The summed E-state index contributed by atoms with van der Waals surface area (Å²) in [6, 6.07) is 1.14. The van der Waals surface area contributed by atoms with Crippen molar-refractivity contribution in [1.29, 1.82) is 0 Å². The molecule has 0 bridgehead atoms. The molecule has 0 aliphatic heterocycles. The molecule has 0 radical (unpaired) electrons. The Labute approximate surface area is 81.7 Å². The van der Waals surface area contributed by atoms with Crippen molar-refractivity contribution >= 4 is 0 Å². The first kappa shape index (κ1) is 11.0. The Morgan fingerprint density at radius 3 is 2.54 bits per heavy atom. The molecule has 0 amide bonds. The van der Waals surface area contributed by atoms with E-state index < -0.39 is 0 Å². The van der Waals surface area contributed by atoms with Crippen molar-refractivity contribution in [1.82, 2.24) is 5.32 Å². The number of nitrogens with one attached hydrogen (secondary N) is 1. The fourth-order valence-electron chi connectivity index (χ4n) is 2.05. The summed E-state index contributed by atoms with van der Waals surface area (Å²) < 4.78 is 0. The summed E-state index contributed by atoms with van der Waals surface area (Å²) >= 11 is 0. The van der Waals surface area contributed by atoms with Gasteiger partial charge in [0.05, 0.1) is 0 Å². The molecule has 0 spiro atoms. The van der Waals surface area contributed by atoms with Gasteiger partial charge in [-0.2, -0.15) is 0 Å². The quantitative estimate of drug-likeness (QED) is 0.700. The van der Waals surface area contributed by atoms with Crippen LogP contribution in [-0.4, -0.2) is 23.8 Å². The highest BCUT2D eigenvalue weighted by molar-refractivity contribution is 4.81. The van der Waals surface area contributed by atoms with Gasteiger partial charge in [-0.1, -0.05) is 13.8 Å². The van der Waals surface area contributed by atoms with E-state index in [2.05, 4.69) is 26.1 Å². The van der Waals surface area contributed by atoms with E-state index in [9.17, 15) is 0 Å². The minimum Gasteiger partial charge on any atom is -0.396 e. The van der Waals surface area contributed by atoms with Gasteiger partial charge in [0, 0.05) is 18.7 Å². The maximum Gasteiger partial charge on any atom is 0.0471 e. The molecular weight excluding hydrogens is 162 g/mol. The number of aliphatic hydroxyl groups is 1. The van der Waals surface area contributed by atoms with Crippen LogP contribution in [0, 0.1) is 11.8 Å². The summed E-state index contributed by atoms with van der Waals surface area (Å²) in [5.41, 5.74) is 0. The molecule has 1 rings (SSSR count). The van der Waals surface area contributed by atoms with E-state index in [0.717, 1.165) is 5.92 Å². The first-order chi connectivity index (χ1) is 6.13. The molecule has 1 aliphatic carbocycles. The third-order valence-corrected chi connectivity index (χ3v) is 3.33. The van der Waals surface area contributed by atoms with E-state index in [1.54, 1.807) is 0 Å². The molecule has 78 valence electrons. The lowest BCUT2D eigenvalue weighted by atomic mass is 10.0. The van der Waals surface area contributed by atoms with Gasteiger partial charge in [-0.15, -0.1) is 0 Å². The first-order valence-electron chi connectivity index (χ1n) is 5.50. The zero-order valence-electron chi connectivity index (χ0n) is 9.09. The summed E-state index contributed by atoms with van der Waals surface area (Å²) in [5.74, 6) is 1.25. The molecular formula is C11H23NO. The van der Waals surface area contributed by atoms with Crippen molar-refractivity contribution in [3.05, 3.63) is 0 Å². The second-order valence-corrected chi connectivity index (χ2v) is 4.73.